The summed E-state index contributed by atoms with van der Waals surface area (Å²) in [5.41, 5.74) is -0.155. The molecular formula is C5H2BrCl2N3O2. The molecule has 0 amide bonds. The van der Waals surface area contributed by atoms with E-state index in [1.54, 1.807) is 0 Å². The Morgan fingerprint density at radius 1 is 1.46 bits per heavy atom. The first kappa shape index (κ1) is 10.6. The molecule has 5 nitrogen and oxygen atoms in total. The number of nitrogens with zero attached hydrogens (tertiary/aromatic N) is 3. The van der Waals surface area contributed by atoms with Crippen molar-refractivity contribution in [3.63, 3.8) is 0 Å². The molecule has 8 heteroatoms. The Balaban J connectivity index is 3.38. The predicted octanol–water partition coefficient (Wildman–Crippen LogP) is 2.59. The first-order valence-electron chi connectivity index (χ1n) is 2.98. The maximum atomic E-state index is 10.5. The predicted molar refractivity (Wildman–Crippen MR) is 51.3 cm³/mol. The summed E-state index contributed by atoms with van der Waals surface area (Å²) in [6.07, 6.45) is 0. The highest BCUT2D eigenvalue weighted by atomic mass is 79.9. The normalized spacial score (nSPS) is 10.1. The number of halogens is 3. The Bertz CT molecular complexity index is 360. The lowest BCUT2D eigenvalue weighted by Gasteiger charge is -1.99. The van der Waals surface area contributed by atoms with Gasteiger partial charge in [0.2, 0.25) is 10.4 Å². The zero-order chi connectivity index (χ0) is 10.0. The van der Waals surface area contributed by atoms with Gasteiger partial charge < -0.3 is 0 Å². The van der Waals surface area contributed by atoms with E-state index in [1.165, 1.54) is 0 Å². The van der Waals surface area contributed by atoms with Crippen LogP contribution in [0, 0.1) is 10.1 Å². The van der Waals surface area contributed by atoms with Crippen molar-refractivity contribution < 1.29 is 4.92 Å². The van der Waals surface area contributed by atoms with Crippen LogP contribution in [0.5, 0.6) is 0 Å². The zero-order valence-electron chi connectivity index (χ0n) is 6.00. The molecule has 0 aliphatic rings. The van der Waals surface area contributed by atoms with E-state index in [9.17, 15) is 10.1 Å². The topological polar surface area (TPSA) is 68.9 Å². The lowest BCUT2D eigenvalue weighted by Crippen LogP contribution is -2.00. The molecule has 0 radical (unpaired) electrons. The van der Waals surface area contributed by atoms with E-state index in [0.29, 0.717) is 0 Å². The molecule has 1 aromatic heterocycles. The van der Waals surface area contributed by atoms with Gasteiger partial charge in [-0.25, -0.2) is 4.98 Å². The fourth-order valence-electron chi connectivity index (χ4n) is 0.716. The molecule has 0 saturated heterocycles. The Morgan fingerprint density at radius 2 is 2.08 bits per heavy atom. The van der Waals surface area contributed by atoms with Gasteiger partial charge in [-0.15, -0.1) is 0 Å². The van der Waals surface area contributed by atoms with Gasteiger partial charge in [0, 0.05) is 0 Å². The van der Waals surface area contributed by atoms with Gasteiger partial charge in [-0.3, -0.25) is 10.1 Å². The van der Waals surface area contributed by atoms with Gasteiger partial charge in [-0.1, -0.05) is 27.5 Å². The lowest BCUT2D eigenvalue weighted by atomic mass is 10.4. The van der Waals surface area contributed by atoms with Gasteiger partial charge in [-0.05, 0) is 11.6 Å². The zero-order valence-corrected chi connectivity index (χ0v) is 9.10. The highest BCUT2D eigenvalue weighted by molar-refractivity contribution is 9.08. The van der Waals surface area contributed by atoms with Crippen LogP contribution in [-0.2, 0) is 5.33 Å². The third kappa shape index (κ3) is 2.26. The molecule has 0 spiro atoms. The van der Waals surface area contributed by atoms with Crippen LogP contribution in [0.4, 0.5) is 5.69 Å². The summed E-state index contributed by atoms with van der Waals surface area (Å²) in [6.45, 7) is 0. The molecule has 0 saturated carbocycles. The van der Waals surface area contributed by atoms with Crippen LogP contribution in [0.3, 0.4) is 0 Å². The van der Waals surface area contributed by atoms with E-state index in [-0.39, 0.29) is 27.1 Å². The molecule has 1 aromatic rings. The average molecular weight is 287 g/mol. The highest BCUT2D eigenvalue weighted by Gasteiger charge is 2.21. The van der Waals surface area contributed by atoms with Gasteiger partial charge in [0.05, 0.1) is 10.3 Å². The SMILES string of the molecule is O=[N+]([O-])c1c(Cl)nc(Cl)nc1CBr. The summed E-state index contributed by atoms with van der Waals surface area (Å²) in [4.78, 5) is 17.0. The summed E-state index contributed by atoms with van der Waals surface area (Å²) in [5.74, 6) is 0. The minimum absolute atomic E-state index is 0.106. The molecular weight excluding hydrogens is 285 g/mol. The lowest BCUT2D eigenvalue weighted by molar-refractivity contribution is -0.385. The van der Waals surface area contributed by atoms with Crippen LogP contribution in [-0.4, -0.2) is 14.9 Å². The minimum Gasteiger partial charge on any atom is -0.258 e. The first-order valence-corrected chi connectivity index (χ1v) is 4.86. The van der Waals surface area contributed by atoms with Crippen molar-refractivity contribution in [1.82, 2.24) is 9.97 Å². The van der Waals surface area contributed by atoms with Gasteiger partial charge in [-0.2, -0.15) is 4.98 Å². The molecule has 0 atom stereocenters. The summed E-state index contributed by atoms with van der Waals surface area (Å²) >= 11 is 14.0. The van der Waals surface area contributed by atoms with E-state index in [2.05, 4.69) is 25.9 Å². The second-order valence-corrected chi connectivity index (χ2v) is 3.23. The molecule has 0 N–H and O–H groups in total. The van der Waals surface area contributed by atoms with E-state index >= 15 is 0 Å². The van der Waals surface area contributed by atoms with Crippen molar-refractivity contribution in [2.24, 2.45) is 0 Å². The molecule has 0 fully saturated rings. The summed E-state index contributed by atoms with van der Waals surface area (Å²) in [6, 6.07) is 0. The summed E-state index contributed by atoms with van der Waals surface area (Å²) in [7, 11) is 0. The maximum absolute atomic E-state index is 10.5. The Labute approximate surface area is 91.4 Å². The minimum atomic E-state index is -0.644. The van der Waals surface area contributed by atoms with Crippen LogP contribution in [0.1, 0.15) is 5.69 Å². The van der Waals surface area contributed by atoms with Crippen molar-refractivity contribution in [3.8, 4) is 0 Å². The van der Waals surface area contributed by atoms with Gasteiger partial charge in [0.1, 0.15) is 5.69 Å². The van der Waals surface area contributed by atoms with Crippen molar-refractivity contribution in [3.05, 3.63) is 26.2 Å². The van der Waals surface area contributed by atoms with Gasteiger partial charge in [0.25, 0.3) is 0 Å². The third-order valence-electron chi connectivity index (χ3n) is 1.20. The average Bonchev–Trinajstić information content (AvgIpc) is 2.01. The van der Waals surface area contributed by atoms with E-state index in [4.69, 9.17) is 23.2 Å². The van der Waals surface area contributed by atoms with E-state index in [1.807, 2.05) is 0 Å². The largest absolute Gasteiger partial charge is 0.328 e. The number of aromatic nitrogens is 2. The number of rotatable bonds is 2. The number of alkyl halides is 1. The van der Waals surface area contributed by atoms with Crippen molar-refractivity contribution >= 4 is 44.8 Å². The van der Waals surface area contributed by atoms with Gasteiger partial charge in [0.15, 0.2) is 0 Å². The van der Waals surface area contributed by atoms with Crippen LogP contribution in [0.25, 0.3) is 0 Å². The Hall–Kier alpha value is -0.460. The molecule has 0 aliphatic heterocycles. The summed E-state index contributed by atoms with van der Waals surface area (Å²) < 4.78 is 0. The molecule has 0 bridgehead atoms. The molecule has 70 valence electrons. The van der Waals surface area contributed by atoms with Crippen LogP contribution in [0.15, 0.2) is 0 Å². The van der Waals surface area contributed by atoms with Crippen LogP contribution in [0.2, 0.25) is 10.4 Å². The monoisotopic (exact) mass is 285 g/mol. The van der Waals surface area contributed by atoms with Crippen molar-refractivity contribution in [1.29, 1.82) is 0 Å². The number of hydrogen-bond donors (Lipinski definition) is 0. The standard InChI is InChI=1S/C5H2BrCl2N3O2/c6-1-2-3(11(12)13)4(7)10-5(8)9-2/h1H2. The third-order valence-corrected chi connectivity index (χ3v) is 2.16. The molecule has 13 heavy (non-hydrogen) atoms. The second-order valence-electron chi connectivity index (χ2n) is 1.97. The fraction of sp³-hybridized carbons (Fsp3) is 0.200. The fourth-order valence-corrected chi connectivity index (χ4v) is 1.60. The second kappa shape index (κ2) is 4.17. The number of nitro groups is 1. The Morgan fingerprint density at radius 3 is 2.54 bits per heavy atom. The summed E-state index contributed by atoms with van der Waals surface area (Å²) in [5, 5.41) is 10.3. The maximum Gasteiger partial charge on any atom is 0.328 e. The number of hydrogen-bond acceptors (Lipinski definition) is 4. The molecule has 0 unspecified atom stereocenters. The van der Waals surface area contributed by atoms with E-state index < -0.39 is 4.92 Å². The van der Waals surface area contributed by atoms with Gasteiger partial charge >= 0.3 is 5.69 Å². The quantitative estimate of drug-likeness (QED) is 0.275. The molecule has 0 aliphatic carbocycles. The van der Waals surface area contributed by atoms with Crippen molar-refractivity contribution in [2.75, 3.05) is 0 Å². The molecule has 1 heterocycles. The molecule has 0 aromatic carbocycles. The highest BCUT2D eigenvalue weighted by Crippen LogP contribution is 2.27. The smallest absolute Gasteiger partial charge is 0.258 e. The molecule has 1 rings (SSSR count). The van der Waals surface area contributed by atoms with Crippen molar-refractivity contribution in [2.45, 2.75) is 5.33 Å². The Kier molecular flexibility index (Phi) is 3.40. The van der Waals surface area contributed by atoms with Crippen LogP contribution >= 0.6 is 39.1 Å². The van der Waals surface area contributed by atoms with E-state index in [0.717, 1.165) is 0 Å². The first-order chi connectivity index (χ1) is 6.06. The van der Waals surface area contributed by atoms with Crippen LogP contribution < -0.4 is 0 Å².